The summed E-state index contributed by atoms with van der Waals surface area (Å²) >= 11 is 1.74. The van der Waals surface area contributed by atoms with Gasteiger partial charge in [-0.05, 0) is 38.0 Å². The molecule has 3 rings (SSSR count). The average molecular weight is 383 g/mol. The van der Waals surface area contributed by atoms with Gasteiger partial charge in [-0.1, -0.05) is 18.2 Å². The van der Waals surface area contributed by atoms with E-state index < -0.39 is 0 Å². The van der Waals surface area contributed by atoms with Crippen LogP contribution in [0.1, 0.15) is 22.4 Å². The van der Waals surface area contributed by atoms with E-state index in [1.165, 1.54) is 10.4 Å². The number of para-hydroxylation sites is 1. The molecule has 7 heteroatoms. The minimum atomic E-state index is 0.730. The largest absolute Gasteiger partial charge is 0.357 e. The maximum Gasteiger partial charge on any atom is 0.191 e. The molecular weight excluding hydrogens is 356 g/mol. The van der Waals surface area contributed by atoms with Crippen LogP contribution in [0.2, 0.25) is 0 Å². The van der Waals surface area contributed by atoms with Gasteiger partial charge in [0.15, 0.2) is 5.96 Å². The second-order valence-electron chi connectivity index (χ2n) is 6.18. The van der Waals surface area contributed by atoms with Crippen LogP contribution in [0.15, 0.2) is 53.9 Å². The number of nitrogens with one attached hydrogen (secondary N) is 2. The number of hydrogen-bond donors (Lipinski definition) is 2. The van der Waals surface area contributed by atoms with Gasteiger partial charge < -0.3 is 10.6 Å². The van der Waals surface area contributed by atoms with Gasteiger partial charge in [-0.15, -0.1) is 11.3 Å². The molecular formula is C20H26N6S. The van der Waals surface area contributed by atoms with E-state index in [1.807, 2.05) is 35.3 Å². The van der Waals surface area contributed by atoms with Crippen molar-refractivity contribution in [2.24, 2.45) is 4.99 Å². The number of aliphatic imine (C=N–C) groups is 1. The Kier molecular flexibility index (Phi) is 6.98. The van der Waals surface area contributed by atoms with Crippen LogP contribution in [0.4, 0.5) is 0 Å². The van der Waals surface area contributed by atoms with Gasteiger partial charge >= 0.3 is 0 Å². The maximum atomic E-state index is 4.64. The first-order chi connectivity index (χ1) is 13.2. The van der Waals surface area contributed by atoms with Crippen LogP contribution < -0.4 is 10.6 Å². The van der Waals surface area contributed by atoms with Crippen molar-refractivity contribution < 1.29 is 0 Å². The smallest absolute Gasteiger partial charge is 0.191 e. The number of benzene rings is 1. The summed E-state index contributed by atoms with van der Waals surface area (Å²) in [5.74, 6) is 0.848. The van der Waals surface area contributed by atoms with Crippen molar-refractivity contribution in [1.82, 2.24) is 25.4 Å². The lowest BCUT2D eigenvalue weighted by Crippen LogP contribution is -2.38. The molecule has 142 valence electrons. The van der Waals surface area contributed by atoms with Crippen molar-refractivity contribution in [1.29, 1.82) is 0 Å². The topological polar surface area (TPSA) is 67.1 Å². The summed E-state index contributed by atoms with van der Waals surface area (Å²) in [5.41, 5.74) is 2.27. The number of guanidine groups is 1. The highest BCUT2D eigenvalue weighted by Gasteiger charge is 2.03. The third-order valence-electron chi connectivity index (χ3n) is 3.97. The van der Waals surface area contributed by atoms with E-state index in [0.29, 0.717) is 0 Å². The highest BCUT2D eigenvalue weighted by Crippen LogP contribution is 2.11. The molecule has 0 unspecified atom stereocenters. The third kappa shape index (κ3) is 5.92. The molecule has 1 aromatic carbocycles. The van der Waals surface area contributed by atoms with E-state index in [4.69, 9.17) is 0 Å². The summed E-state index contributed by atoms with van der Waals surface area (Å²) in [6, 6.07) is 10.1. The van der Waals surface area contributed by atoms with Gasteiger partial charge in [-0.25, -0.2) is 9.67 Å². The standard InChI is InChI=1S/C20H26N6S/c1-3-21-20(23-12-10-19-24-13-16(2)27-19)22-11-9-17-14-25-26(15-17)18-7-5-4-6-8-18/h4-8,13-15H,3,9-12H2,1-2H3,(H2,21,22,23). The van der Waals surface area contributed by atoms with Crippen LogP contribution in [-0.2, 0) is 12.8 Å². The lowest BCUT2D eigenvalue weighted by molar-refractivity contribution is 0.796. The summed E-state index contributed by atoms with van der Waals surface area (Å²) in [4.78, 5) is 10.3. The van der Waals surface area contributed by atoms with Gasteiger partial charge in [0.1, 0.15) is 0 Å². The molecule has 2 N–H and O–H groups in total. The Morgan fingerprint density at radius 2 is 2.00 bits per heavy atom. The molecule has 0 bridgehead atoms. The number of aromatic nitrogens is 3. The van der Waals surface area contributed by atoms with Gasteiger partial charge in [-0.2, -0.15) is 5.10 Å². The zero-order valence-corrected chi connectivity index (χ0v) is 16.7. The number of hydrogen-bond acceptors (Lipinski definition) is 4. The van der Waals surface area contributed by atoms with Crippen LogP contribution in [0, 0.1) is 6.92 Å². The molecule has 0 saturated carbocycles. The van der Waals surface area contributed by atoms with E-state index in [1.54, 1.807) is 11.3 Å². The van der Waals surface area contributed by atoms with Crippen molar-refractivity contribution in [3.05, 3.63) is 64.4 Å². The first-order valence-electron chi connectivity index (χ1n) is 9.27. The quantitative estimate of drug-likeness (QED) is 0.464. The van der Waals surface area contributed by atoms with E-state index in [2.05, 4.69) is 57.9 Å². The Morgan fingerprint density at radius 1 is 1.15 bits per heavy atom. The Bertz CT molecular complexity index is 852. The molecule has 0 saturated heterocycles. The van der Waals surface area contributed by atoms with Crippen LogP contribution >= 0.6 is 11.3 Å². The zero-order chi connectivity index (χ0) is 18.9. The maximum absolute atomic E-state index is 4.64. The molecule has 27 heavy (non-hydrogen) atoms. The second-order valence-corrected chi connectivity index (χ2v) is 7.50. The molecule has 0 amide bonds. The Hall–Kier alpha value is -2.67. The van der Waals surface area contributed by atoms with Gasteiger partial charge in [0.25, 0.3) is 0 Å². The minimum Gasteiger partial charge on any atom is -0.357 e. The number of thiazole rings is 1. The fourth-order valence-electron chi connectivity index (χ4n) is 2.66. The van der Waals surface area contributed by atoms with Crippen molar-refractivity contribution in [3.8, 4) is 5.69 Å². The second kappa shape index (κ2) is 9.87. The van der Waals surface area contributed by atoms with Crippen molar-refractivity contribution in [3.63, 3.8) is 0 Å². The average Bonchev–Trinajstić information content (AvgIpc) is 3.32. The molecule has 0 spiro atoms. The highest BCUT2D eigenvalue weighted by molar-refractivity contribution is 7.11. The van der Waals surface area contributed by atoms with Crippen molar-refractivity contribution in [2.75, 3.05) is 19.6 Å². The summed E-state index contributed by atoms with van der Waals surface area (Å²) in [6.07, 6.45) is 7.68. The predicted molar refractivity (Wildman–Crippen MR) is 112 cm³/mol. The summed E-state index contributed by atoms with van der Waals surface area (Å²) < 4.78 is 1.91. The molecule has 2 heterocycles. The van der Waals surface area contributed by atoms with E-state index in [9.17, 15) is 0 Å². The molecule has 0 aliphatic rings. The summed E-state index contributed by atoms with van der Waals surface area (Å²) in [5, 5.41) is 12.3. The minimum absolute atomic E-state index is 0.730. The van der Waals surface area contributed by atoms with E-state index >= 15 is 0 Å². The molecule has 3 aromatic rings. The lowest BCUT2D eigenvalue weighted by atomic mass is 10.2. The van der Waals surface area contributed by atoms with Crippen LogP contribution in [0.3, 0.4) is 0 Å². The Morgan fingerprint density at radius 3 is 2.74 bits per heavy atom. The first kappa shape index (κ1) is 19.1. The van der Waals surface area contributed by atoms with Crippen LogP contribution in [-0.4, -0.2) is 40.4 Å². The molecule has 0 aliphatic carbocycles. The van der Waals surface area contributed by atoms with Gasteiger partial charge in [-0.3, -0.25) is 4.99 Å². The number of nitrogens with zero attached hydrogens (tertiary/aromatic N) is 4. The van der Waals surface area contributed by atoms with Crippen LogP contribution in [0.5, 0.6) is 0 Å². The summed E-state index contributed by atoms with van der Waals surface area (Å²) in [6.45, 7) is 6.53. The van der Waals surface area contributed by atoms with E-state index in [-0.39, 0.29) is 0 Å². The normalized spacial score (nSPS) is 11.6. The Labute approximate surface area is 164 Å². The van der Waals surface area contributed by atoms with Crippen molar-refractivity contribution >= 4 is 17.3 Å². The Balaban J connectivity index is 1.48. The molecule has 2 aromatic heterocycles. The lowest BCUT2D eigenvalue weighted by Gasteiger charge is -2.10. The van der Waals surface area contributed by atoms with Gasteiger partial charge in [0.2, 0.25) is 0 Å². The van der Waals surface area contributed by atoms with Gasteiger partial charge in [0.05, 0.1) is 16.9 Å². The first-order valence-corrected chi connectivity index (χ1v) is 10.1. The molecule has 0 fully saturated rings. The summed E-state index contributed by atoms with van der Waals surface area (Å²) in [7, 11) is 0. The zero-order valence-electron chi connectivity index (χ0n) is 15.9. The third-order valence-corrected chi connectivity index (χ3v) is 4.94. The van der Waals surface area contributed by atoms with E-state index in [0.717, 1.165) is 49.1 Å². The fourth-order valence-corrected chi connectivity index (χ4v) is 3.43. The highest BCUT2D eigenvalue weighted by atomic mass is 32.1. The molecule has 0 radical (unpaired) electrons. The van der Waals surface area contributed by atoms with Crippen molar-refractivity contribution in [2.45, 2.75) is 26.7 Å². The molecule has 0 aliphatic heterocycles. The van der Waals surface area contributed by atoms with Crippen LogP contribution in [0.25, 0.3) is 5.69 Å². The monoisotopic (exact) mass is 382 g/mol. The molecule has 6 nitrogen and oxygen atoms in total. The number of rotatable bonds is 8. The molecule has 0 atom stereocenters. The predicted octanol–water partition coefficient (Wildman–Crippen LogP) is 2.98. The number of aryl methyl sites for hydroxylation is 1. The SMILES string of the molecule is CCNC(=NCCc1ncc(C)s1)NCCc1cnn(-c2ccccc2)c1. The fraction of sp³-hybridized carbons (Fsp3) is 0.350. The van der Waals surface area contributed by atoms with Gasteiger partial charge in [0, 0.05) is 43.3 Å².